The Morgan fingerprint density at radius 2 is 1.96 bits per heavy atom. The number of rotatable bonds is 10. The van der Waals surface area contributed by atoms with Crippen LogP contribution in [0.1, 0.15) is 5.56 Å². The quantitative estimate of drug-likeness (QED) is 0.182. The van der Waals surface area contributed by atoms with E-state index in [1.807, 2.05) is 0 Å². The number of alkyl halides is 1. The van der Waals surface area contributed by atoms with Crippen molar-refractivity contribution in [1.29, 1.82) is 0 Å². The second-order valence-electron chi connectivity index (χ2n) is 5.00. The highest BCUT2D eigenvalue weighted by atomic mass is 35.5. The molecule has 0 spiro atoms. The number of nitrogens with two attached hydrogens (primary N) is 1. The van der Waals surface area contributed by atoms with Gasteiger partial charge in [0.25, 0.3) is 15.8 Å². The molecule has 1 amide bonds. The molecule has 0 aliphatic heterocycles. The molecule has 0 aromatic heterocycles. The molecule has 0 aliphatic carbocycles. The molecule has 26 heavy (non-hydrogen) atoms. The zero-order valence-corrected chi connectivity index (χ0v) is 14.9. The Bertz CT molecular complexity index is 829. The maximum absolute atomic E-state index is 11.4. The molecule has 1 unspecified atom stereocenters. The summed E-state index contributed by atoms with van der Waals surface area (Å²) in [5, 5.41) is 23.7. The van der Waals surface area contributed by atoms with Crippen molar-refractivity contribution in [3.8, 4) is 0 Å². The molecule has 1 rings (SSSR count). The number of benzene rings is 1. The normalized spacial score (nSPS) is 12.4. The third kappa shape index (κ3) is 6.09. The van der Waals surface area contributed by atoms with E-state index in [-0.39, 0.29) is 24.4 Å². The predicted octanol–water partition coefficient (Wildman–Crippen LogP) is 0.526. The number of nitro groups is 2. The lowest BCUT2D eigenvalue weighted by Crippen LogP contribution is -2.26. The molecule has 12 nitrogen and oxygen atoms in total. The van der Waals surface area contributed by atoms with Gasteiger partial charge in [0.1, 0.15) is 16.6 Å². The number of hydrogen-bond donors (Lipinski definition) is 2. The Morgan fingerprint density at radius 1 is 1.35 bits per heavy atom. The molecule has 3 N–H and O–H groups in total. The minimum absolute atomic E-state index is 0.124. The number of halogens is 1. The first kappa shape index (κ1) is 21.5. The highest BCUT2D eigenvalue weighted by molar-refractivity contribution is 7.85. The minimum Gasteiger partial charge on any atom is -0.377 e. The van der Waals surface area contributed by atoms with E-state index in [0.29, 0.717) is 0 Å². The van der Waals surface area contributed by atoms with Crippen molar-refractivity contribution < 1.29 is 27.2 Å². The molecule has 1 aromatic rings. The van der Waals surface area contributed by atoms with Crippen molar-refractivity contribution in [1.82, 2.24) is 0 Å². The number of anilines is 1. The lowest BCUT2D eigenvalue weighted by atomic mass is 10.0. The van der Waals surface area contributed by atoms with E-state index < -0.39 is 49.0 Å². The topological polar surface area (TPSA) is 185 Å². The van der Waals surface area contributed by atoms with Gasteiger partial charge in [-0.1, -0.05) is 0 Å². The summed E-state index contributed by atoms with van der Waals surface area (Å²) in [6.45, 7) is -0.451. The standard InChI is InChI=1S/C12H15ClN4O8S/c1-26(23,24)25-5-4-15-9-2-3-10(16(19)20)7(11(9)17(21)22)6-8(13)12(14)18/h2-3,8,15H,4-6H2,1H3,(H2,14,18). The number of nitrogens with one attached hydrogen (secondary N) is 1. The van der Waals surface area contributed by atoms with E-state index in [1.165, 1.54) is 0 Å². The van der Waals surface area contributed by atoms with E-state index in [9.17, 15) is 33.4 Å². The van der Waals surface area contributed by atoms with Gasteiger partial charge in [-0.25, -0.2) is 0 Å². The van der Waals surface area contributed by atoms with Gasteiger partial charge in [-0.05, 0) is 6.07 Å². The lowest BCUT2D eigenvalue weighted by Gasteiger charge is -2.12. The summed E-state index contributed by atoms with van der Waals surface area (Å²) < 4.78 is 26.3. The van der Waals surface area contributed by atoms with Crippen LogP contribution in [0.15, 0.2) is 12.1 Å². The zero-order valence-electron chi connectivity index (χ0n) is 13.4. The number of nitro benzene ring substituents is 2. The van der Waals surface area contributed by atoms with Crippen molar-refractivity contribution in [2.24, 2.45) is 5.73 Å². The molecule has 1 aromatic carbocycles. The Labute approximate surface area is 152 Å². The maximum atomic E-state index is 11.4. The van der Waals surface area contributed by atoms with E-state index >= 15 is 0 Å². The molecular weight excluding hydrogens is 396 g/mol. The zero-order chi connectivity index (χ0) is 20.1. The molecule has 1 atom stereocenters. The molecule has 0 aliphatic rings. The van der Waals surface area contributed by atoms with E-state index in [0.717, 1.165) is 18.4 Å². The molecule has 0 bridgehead atoms. The average Bonchev–Trinajstić information content (AvgIpc) is 2.49. The smallest absolute Gasteiger partial charge is 0.302 e. The molecule has 14 heteroatoms. The van der Waals surface area contributed by atoms with Gasteiger partial charge in [0.15, 0.2) is 0 Å². The van der Waals surface area contributed by atoms with Gasteiger partial charge < -0.3 is 11.1 Å². The number of nitrogens with zero attached hydrogens (tertiary/aromatic N) is 2. The summed E-state index contributed by atoms with van der Waals surface area (Å²) in [4.78, 5) is 32.0. The van der Waals surface area contributed by atoms with Crippen LogP contribution in [-0.2, 0) is 25.5 Å². The summed E-state index contributed by atoms with van der Waals surface area (Å²) in [6.07, 6.45) is 0.308. The van der Waals surface area contributed by atoms with Gasteiger partial charge in [-0.2, -0.15) is 8.42 Å². The summed E-state index contributed by atoms with van der Waals surface area (Å²) in [5.74, 6) is -0.991. The van der Waals surface area contributed by atoms with Crippen LogP contribution in [0.2, 0.25) is 0 Å². The second-order valence-corrected chi connectivity index (χ2v) is 7.17. The van der Waals surface area contributed by atoms with Crippen molar-refractivity contribution in [2.45, 2.75) is 11.8 Å². The Morgan fingerprint density at radius 3 is 2.42 bits per heavy atom. The van der Waals surface area contributed by atoms with Crippen molar-refractivity contribution in [3.63, 3.8) is 0 Å². The largest absolute Gasteiger partial charge is 0.377 e. The first-order valence-electron chi connectivity index (χ1n) is 6.90. The average molecular weight is 411 g/mol. The van der Waals surface area contributed by atoms with Gasteiger partial charge in [0, 0.05) is 19.0 Å². The third-order valence-corrected chi connectivity index (χ3v) is 4.01. The van der Waals surface area contributed by atoms with Crippen LogP contribution in [-0.4, -0.2) is 49.0 Å². The van der Waals surface area contributed by atoms with Crippen molar-refractivity contribution in [3.05, 3.63) is 37.9 Å². The molecule has 144 valence electrons. The van der Waals surface area contributed by atoms with Crippen LogP contribution in [0.3, 0.4) is 0 Å². The predicted molar refractivity (Wildman–Crippen MR) is 91.6 cm³/mol. The van der Waals surface area contributed by atoms with Crippen LogP contribution in [0.4, 0.5) is 17.1 Å². The summed E-state index contributed by atoms with van der Waals surface area (Å²) in [5.41, 5.74) is 3.25. The van der Waals surface area contributed by atoms with Crippen molar-refractivity contribution >= 4 is 44.7 Å². The Balaban J connectivity index is 3.24. The molecule has 0 radical (unpaired) electrons. The fourth-order valence-electron chi connectivity index (χ4n) is 2.01. The second kappa shape index (κ2) is 8.73. The third-order valence-electron chi connectivity index (χ3n) is 3.04. The van der Waals surface area contributed by atoms with Crippen LogP contribution < -0.4 is 11.1 Å². The maximum Gasteiger partial charge on any atom is 0.302 e. The summed E-state index contributed by atoms with van der Waals surface area (Å²) in [7, 11) is -3.69. The molecule has 0 saturated carbocycles. The highest BCUT2D eigenvalue weighted by Gasteiger charge is 2.31. The van der Waals surface area contributed by atoms with Crippen molar-refractivity contribution in [2.75, 3.05) is 24.7 Å². The first-order chi connectivity index (χ1) is 11.9. The van der Waals surface area contributed by atoms with Gasteiger partial charge in [0.2, 0.25) is 5.91 Å². The number of amides is 1. The SMILES string of the molecule is CS(=O)(=O)OCCNc1ccc([N+](=O)[O-])c(CC(Cl)C(N)=O)c1[N+](=O)[O-]. The van der Waals surface area contributed by atoms with Gasteiger partial charge >= 0.3 is 5.69 Å². The van der Waals surface area contributed by atoms with E-state index in [1.54, 1.807) is 0 Å². The molecule has 0 fully saturated rings. The van der Waals surface area contributed by atoms with Crippen LogP contribution >= 0.6 is 11.6 Å². The fraction of sp³-hybridized carbons (Fsp3) is 0.417. The number of carbonyl (C=O) groups excluding carboxylic acids is 1. The molecule has 0 heterocycles. The highest BCUT2D eigenvalue weighted by Crippen LogP contribution is 2.36. The number of primary amides is 1. The Hall–Kier alpha value is -2.51. The first-order valence-corrected chi connectivity index (χ1v) is 9.15. The lowest BCUT2D eigenvalue weighted by molar-refractivity contribution is -0.395. The molecule has 0 saturated heterocycles. The fourth-order valence-corrected chi connectivity index (χ4v) is 2.55. The Kier molecular flexibility index (Phi) is 7.23. The molecular formula is C12H15ClN4O8S. The summed E-state index contributed by atoms with van der Waals surface area (Å²) in [6, 6.07) is 2.10. The van der Waals surface area contributed by atoms with Gasteiger partial charge in [-0.3, -0.25) is 29.2 Å². The van der Waals surface area contributed by atoms with Crippen LogP contribution in [0.5, 0.6) is 0 Å². The van der Waals surface area contributed by atoms with Gasteiger partial charge in [-0.15, -0.1) is 11.6 Å². The van der Waals surface area contributed by atoms with E-state index in [2.05, 4.69) is 9.50 Å². The van der Waals surface area contributed by atoms with Crippen LogP contribution in [0.25, 0.3) is 0 Å². The monoisotopic (exact) mass is 410 g/mol. The minimum atomic E-state index is -3.69. The van der Waals surface area contributed by atoms with Gasteiger partial charge in [0.05, 0.1) is 22.7 Å². The summed E-state index contributed by atoms with van der Waals surface area (Å²) >= 11 is 5.71. The number of carbonyl (C=O) groups is 1. The van der Waals surface area contributed by atoms with E-state index in [4.69, 9.17) is 17.3 Å². The van der Waals surface area contributed by atoms with Crippen LogP contribution in [0, 0.1) is 20.2 Å². The number of hydrogen-bond acceptors (Lipinski definition) is 9.